The lowest BCUT2D eigenvalue weighted by atomic mass is 10.2. The molecule has 11 heteroatoms. The molecule has 0 atom stereocenters. The Balaban J connectivity index is 1.55. The van der Waals surface area contributed by atoms with E-state index in [1.807, 2.05) is 13.8 Å². The molecule has 0 unspecified atom stereocenters. The first-order valence-corrected chi connectivity index (χ1v) is 10.9. The zero-order chi connectivity index (χ0) is 24.9. The second-order valence-electron chi connectivity index (χ2n) is 7.58. The maximum atomic E-state index is 12.6. The maximum absolute atomic E-state index is 12.6. The quantitative estimate of drug-likeness (QED) is 0.370. The first kappa shape index (κ1) is 23.7. The maximum Gasteiger partial charge on any atom is 0.231 e. The van der Waals surface area contributed by atoms with Crippen molar-refractivity contribution in [2.75, 3.05) is 26.6 Å². The highest BCUT2D eigenvalue weighted by molar-refractivity contribution is 5.92. The molecule has 0 fully saturated rings. The molecule has 4 aromatic rings. The molecule has 0 saturated carbocycles. The molecule has 0 spiro atoms. The van der Waals surface area contributed by atoms with Crippen molar-refractivity contribution in [2.45, 2.75) is 26.7 Å². The molecule has 3 aromatic heterocycles. The number of ether oxygens (including phenoxy) is 4. The van der Waals surface area contributed by atoms with Crippen molar-refractivity contribution in [2.24, 2.45) is 0 Å². The van der Waals surface area contributed by atoms with Crippen LogP contribution >= 0.6 is 0 Å². The number of anilines is 1. The Morgan fingerprint density at radius 1 is 1.00 bits per heavy atom. The zero-order valence-corrected chi connectivity index (χ0v) is 20.1. The van der Waals surface area contributed by atoms with E-state index in [0.29, 0.717) is 51.3 Å². The molecular weight excluding hydrogens is 452 g/mol. The molecule has 35 heavy (non-hydrogen) atoms. The van der Waals surface area contributed by atoms with E-state index in [2.05, 4.69) is 30.5 Å². The number of aromatic amines is 1. The van der Waals surface area contributed by atoms with E-state index in [1.54, 1.807) is 32.4 Å². The fraction of sp³-hybridized carbons (Fsp3) is 0.292. The monoisotopic (exact) mass is 478 g/mol. The van der Waals surface area contributed by atoms with E-state index < -0.39 is 0 Å². The molecule has 1 aromatic carbocycles. The van der Waals surface area contributed by atoms with Crippen LogP contribution in [-0.2, 0) is 17.6 Å². The van der Waals surface area contributed by atoms with Crippen LogP contribution in [0.3, 0.4) is 0 Å². The number of amides is 1. The number of rotatable bonds is 9. The first-order valence-electron chi connectivity index (χ1n) is 10.9. The second kappa shape index (κ2) is 10.2. The Morgan fingerprint density at radius 2 is 1.74 bits per heavy atom. The van der Waals surface area contributed by atoms with Crippen molar-refractivity contribution < 1.29 is 23.7 Å². The Kier molecular flexibility index (Phi) is 6.95. The minimum Gasteiger partial charge on any atom is -0.495 e. The number of benzene rings is 1. The molecule has 0 saturated heterocycles. The number of methoxy groups -OCH3 is 3. The third kappa shape index (κ3) is 4.93. The molecule has 0 aliphatic heterocycles. The highest BCUT2D eigenvalue weighted by Crippen LogP contribution is 2.36. The molecule has 2 N–H and O–H groups in total. The third-order valence-electron chi connectivity index (χ3n) is 5.49. The SMILES string of the molecule is CCc1[nH]nc(NC(=O)Cc2ncc(Oc3ncnc4cc(OC)c(OC)cc34)cc2OC)c1C. The minimum absolute atomic E-state index is 0.00461. The van der Waals surface area contributed by atoms with Gasteiger partial charge in [0.1, 0.15) is 12.1 Å². The standard InChI is InChI=1S/C24H26N6O5/c1-6-16-13(2)23(30-29-16)28-22(31)10-18-19(32-3)7-14(11-25-18)35-24-15-8-20(33-4)21(34-5)9-17(15)26-12-27-24/h7-9,11-12H,6,10H2,1-5H3,(H2,28,29,30,31). The van der Waals surface area contributed by atoms with Gasteiger partial charge in [0.15, 0.2) is 23.1 Å². The van der Waals surface area contributed by atoms with Crippen molar-refractivity contribution in [1.82, 2.24) is 25.1 Å². The van der Waals surface area contributed by atoms with Gasteiger partial charge in [-0.15, -0.1) is 0 Å². The van der Waals surface area contributed by atoms with Crippen molar-refractivity contribution in [3.63, 3.8) is 0 Å². The van der Waals surface area contributed by atoms with E-state index >= 15 is 0 Å². The third-order valence-corrected chi connectivity index (χ3v) is 5.49. The molecule has 0 aliphatic carbocycles. The number of hydrogen-bond acceptors (Lipinski definition) is 9. The number of aromatic nitrogens is 5. The molecule has 0 bridgehead atoms. The van der Waals surface area contributed by atoms with Crippen LogP contribution < -0.4 is 24.3 Å². The van der Waals surface area contributed by atoms with Crippen LogP contribution in [0.25, 0.3) is 10.9 Å². The lowest BCUT2D eigenvalue weighted by Crippen LogP contribution is -2.16. The zero-order valence-electron chi connectivity index (χ0n) is 20.1. The fourth-order valence-electron chi connectivity index (χ4n) is 3.60. The van der Waals surface area contributed by atoms with Gasteiger partial charge in [0, 0.05) is 23.4 Å². The van der Waals surface area contributed by atoms with Crippen molar-refractivity contribution in [1.29, 1.82) is 0 Å². The summed E-state index contributed by atoms with van der Waals surface area (Å²) >= 11 is 0. The summed E-state index contributed by atoms with van der Waals surface area (Å²) in [6.07, 6.45) is 3.71. The van der Waals surface area contributed by atoms with Gasteiger partial charge in [-0.05, 0) is 19.4 Å². The summed E-state index contributed by atoms with van der Waals surface area (Å²) in [6.45, 7) is 3.92. The summed E-state index contributed by atoms with van der Waals surface area (Å²) in [4.78, 5) is 25.5. The number of nitrogens with zero attached hydrogens (tertiary/aromatic N) is 4. The number of nitrogens with one attached hydrogen (secondary N) is 2. The van der Waals surface area contributed by atoms with Crippen LogP contribution in [0.5, 0.6) is 28.9 Å². The van der Waals surface area contributed by atoms with Gasteiger partial charge in [-0.2, -0.15) is 5.10 Å². The largest absolute Gasteiger partial charge is 0.495 e. The van der Waals surface area contributed by atoms with Crippen LogP contribution in [0.4, 0.5) is 5.82 Å². The lowest BCUT2D eigenvalue weighted by Gasteiger charge is -2.13. The average Bonchev–Trinajstić information content (AvgIpc) is 3.22. The molecule has 182 valence electrons. The van der Waals surface area contributed by atoms with Gasteiger partial charge in [-0.3, -0.25) is 14.9 Å². The van der Waals surface area contributed by atoms with Gasteiger partial charge >= 0.3 is 0 Å². The second-order valence-corrected chi connectivity index (χ2v) is 7.58. The summed E-state index contributed by atoms with van der Waals surface area (Å²) in [5.41, 5.74) is 2.97. The van der Waals surface area contributed by atoms with Crippen molar-refractivity contribution >= 4 is 22.6 Å². The van der Waals surface area contributed by atoms with E-state index in [4.69, 9.17) is 18.9 Å². The molecule has 0 radical (unpaired) electrons. The predicted molar refractivity (Wildman–Crippen MR) is 129 cm³/mol. The van der Waals surface area contributed by atoms with Gasteiger partial charge in [-0.1, -0.05) is 6.92 Å². The van der Waals surface area contributed by atoms with Crippen LogP contribution in [-0.4, -0.2) is 52.4 Å². The van der Waals surface area contributed by atoms with Crippen molar-refractivity contribution in [3.8, 4) is 28.9 Å². The number of hydrogen-bond donors (Lipinski definition) is 2. The Labute approximate surface area is 201 Å². The summed E-state index contributed by atoms with van der Waals surface area (Å²) < 4.78 is 22.2. The number of aryl methyl sites for hydroxylation is 1. The normalized spacial score (nSPS) is 10.8. The number of H-pyrrole nitrogens is 1. The Hall–Kier alpha value is -4.41. The molecular formula is C24H26N6O5. The molecule has 1 amide bonds. The molecule has 3 heterocycles. The van der Waals surface area contributed by atoms with E-state index in [0.717, 1.165) is 17.7 Å². The van der Waals surface area contributed by atoms with Gasteiger partial charge in [0.05, 0.1) is 50.5 Å². The van der Waals surface area contributed by atoms with Crippen molar-refractivity contribution in [3.05, 3.63) is 47.7 Å². The fourth-order valence-corrected chi connectivity index (χ4v) is 3.60. The number of carbonyl (C=O) groups is 1. The topological polar surface area (TPSA) is 133 Å². The first-order chi connectivity index (χ1) is 17.0. The van der Waals surface area contributed by atoms with E-state index in [-0.39, 0.29) is 12.3 Å². The highest BCUT2D eigenvalue weighted by atomic mass is 16.5. The number of carbonyl (C=O) groups excluding carboxylic acids is 1. The Bertz CT molecular complexity index is 1370. The van der Waals surface area contributed by atoms with Gasteiger partial charge in [0.2, 0.25) is 11.8 Å². The number of pyridine rings is 1. The van der Waals surface area contributed by atoms with Crippen LogP contribution in [0, 0.1) is 6.92 Å². The highest BCUT2D eigenvalue weighted by Gasteiger charge is 2.17. The van der Waals surface area contributed by atoms with E-state index in [9.17, 15) is 4.79 Å². The van der Waals surface area contributed by atoms with Gasteiger partial charge in [0.25, 0.3) is 0 Å². The summed E-state index contributed by atoms with van der Waals surface area (Å²) in [5.74, 6) is 2.42. The van der Waals surface area contributed by atoms with E-state index in [1.165, 1.54) is 19.6 Å². The van der Waals surface area contributed by atoms with Crippen LogP contribution in [0.15, 0.2) is 30.7 Å². The average molecular weight is 479 g/mol. The number of fused-ring (bicyclic) bond motifs is 1. The summed E-state index contributed by atoms with van der Waals surface area (Å²) in [5, 5.41) is 10.5. The van der Waals surface area contributed by atoms with Gasteiger partial charge < -0.3 is 24.3 Å². The van der Waals surface area contributed by atoms with Crippen LogP contribution in [0.1, 0.15) is 23.9 Å². The lowest BCUT2D eigenvalue weighted by molar-refractivity contribution is -0.115. The summed E-state index contributed by atoms with van der Waals surface area (Å²) in [6, 6.07) is 5.14. The molecule has 0 aliphatic rings. The minimum atomic E-state index is -0.260. The predicted octanol–water partition coefficient (Wildman–Crippen LogP) is 3.62. The molecule has 4 rings (SSSR count). The van der Waals surface area contributed by atoms with Crippen LogP contribution in [0.2, 0.25) is 0 Å². The van der Waals surface area contributed by atoms with Gasteiger partial charge in [-0.25, -0.2) is 9.97 Å². The Morgan fingerprint density at radius 3 is 2.43 bits per heavy atom. The smallest absolute Gasteiger partial charge is 0.231 e. The molecule has 11 nitrogen and oxygen atoms in total. The summed E-state index contributed by atoms with van der Waals surface area (Å²) in [7, 11) is 4.61.